The number of anilines is 1. The Labute approximate surface area is 205 Å². The van der Waals surface area contributed by atoms with Gasteiger partial charge in [0.05, 0.1) is 25.5 Å². The molecule has 4 N–H and O–H groups in total. The number of hydrogen-bond acceptors (Lipinski definition) is 9. The second-order valence-corrected chi connectivity index (χ2v) is 9.09. The van der Waals surface area contributed by atoms with Crippen LogP contribution in [0, 0.1) is 0 Å². The van der Waals surface area contributed by atoms with E-state index >= 15 is 0 Å². The van der Waals surface area contributed by atoms with Crippen LogP contribution in [0.4, 0.5) is 5.95 Å². The van der Waals surface area contributed by atoms with Crippen molar-refractivity contribution < 1.29 is 9.84 Å². The van der Waals surface area contributed by atoms with E-state index in [4.69, 9.17) is 9.73 Å². The minimum absolute atomic E-state index is 0.244. The molecule has 4 heterocycles. The highest BCUT2D eigenvalue weighted by molar-refractivity contribution is 5.57. The molecule has 0 atom stereocenters. The molecule has 0 bridgehead atoms. The second kappa shape index (κ2) is 9.55. The number of hydrogen-bond donors (Lipinski definition) is 4. The molecular formula is C24H27N9O3. The molecular weight excluding hydrogens is 462 g/mol. The van der Waals surface area contributed by atoms with Gasteiger partial charge in [0.15, 0.2) is 5.65 Å². The lowest BCUT2D eigenvalue weighted by molar-refractivity contribution is 0.0342. The van der Waals surface area contributed by atoms with Crippen molar-refractivity contribution in [3.05, 3.63) is 68.6 Å². The number of rotatable bonds is 7. The summed E-state index contributed by atoms with van der Waals surface area (Å²) in [6.45, 7) is 4.99. The number of fused-ring (bicyclic) bond motifs is 1. The van der Waals surface area contributed by atoms with Crippen LogP contribution in [0.2, 0.25) is 0 Å². The summed E-state index contributed by atoms with van der Waals surface area (Å²) in [5, 5.41) is 18.3. The number of morpholine rings is 1. The summed E-state index contributed by atoms with van der Waals surface area (Å²) in [4.78, 5) is 32.7. The van der Waals surface area contributed by atoms with Crippen molar-refractivity contribution in [2.24, 2.45) is 4.99 Å². The lowest BCUT2D eigenvalue weighted by atomic mass is 10.1. The molecule has 0 amide bonds. The van der Waals surface area contributed by atoms with Gasteiger partial charge in [-0.3, -0.25) is 9.88 Å². The Morgan fingerprint density at radius 3 is 2.64 bits per heavy atom. The predicted molar refractivity (Wildman–Crippen MR) is 131 cm³/mol. The maximum absolute atomic E-state index is 11.5. The molecule has 4 aromatic rings. The second-order valence-electron chi connectivity index (χ2n) is 9.09. The van der Waals surface area contributed by atoms with Crippen LogP contribution in [0.15, 0.2) is 40.2 Å². The zero-order chi connectivity index (χ0) is 24.5. The van der Waals surface area contributed by atoms with Gasteiger partial charge in [0.1, 0.15) is 5.69 Å². The van der Waals surface area contributed by atoms with Gasteiger partial charge in [-0.25, -0.2) is 9.79 Å². The van der Waals surface area contributed by atoms with Crippen molar-refractivity contribution in [3.8, 4) is 5.88 Å². The Hall–Kier alpha value is -4.03. The Balaban J connectivity index is 1.25. The fourth-order valence-electron chi connectivity index (χ4n) is 4.12. The van der Waals surface area contributed by atoms with Crippen LogP contribution in [0.3, 0.4) is 0 Å². The summed E-state index contributed by atoms with van der Waals surface area (Å²) >= 11 is 0. The first-order valence-corrected chi connectivity index (χ1v) is 12.0. The van der Waals surface area contributed by atoms with Crippen molar-refractivity contribution in [2.75, 3.05) is 31.6 Å². The van der Waals surface area contributed by atoms with E-state index in [0.717, 1.165) is 51.3 Å². The van der Waals surface area contributed by atoms with Gasteiger partial charge in [-0.15, -0.1) is 0 Å². The number of aromatic hydroxyl groups is 1. The minimum atomic E-state index is -0.493. The van der Waals surface area contributed by atoms with Crippen molar-refractivity contribution in [3.63, 3.8) is 0 Å². The van der Waals surface area contributed by atoms with Gasteiger partial charge in [-0.1, -0.05) is 24.3 Å². The molecule has 1 aromatic carbocycles. The van der Waals surface area contributed by atoms with Crippen LogP contribution >= 0.6 is 0 Å². The summed E-state index contributed by atoms with van der Waals surface area (Å²) in [5.74, 6) is 0.188. The SMILES string of the molecule is O=c1[nH]c(O)c(C=c2cnn3c(=NC4CC4)nc(NCc4ccc(CN5CCOCC5)cc4)nc23)[nH]1. The fourth-order valence-corrected chi connectivity index (χ4v) is 4.12. The first kappa shape index (κ1) is 22.4. The van der Waals surface area contributed by atoms with Gasteiger partial charge < -0.3 is 20.1 Å². The number of ether oxygens (including phenoxy) is 1. The van der Waals surface area contributed by atoms with E-state index in [0.29, 0.717) is 29.0 Å². The number of aromatic nitrogens is 6. The summed E-state index contributed by atoms with van der Waals surface area (Å²) in [5.41, 5.74) is 3.13. The molecule has 1 saturated carbocycles. The Bertz CT molecular complexity index is 1540. The number of benzene rings is 1. The van der Waals surface area contributed by atoms with Gasteiger partial charge in [0.2, 0.25) is 11.8 Å². The molecule has 0 spiro atoms. The maximum atomic E-state index is 11.5. The van der Waals surface area contributed by atoms with Crippen LogP contribution in [0.25, 0.3) is 11.7 Å². The normalized spacial score (nSPS) is 17.8. The highest BCUT2D eigenvalue weighted by Crippen LogP contribution is 2.22. The molecule has 3 aromatic heterocycles. The molecule has 0 unspecified atom stereocenters. The van der Waals surface area contributed by atoms with E-state index in [1.165, 1.54) is 5.56 Å². The Morgan fingerprint density at radius 1 is 1.14 bits per heavy atom. The quantitative estimate of drug-likeness (QED) is 0.281. The molecule has 6 rings (SSSR count). The molecule has 1 aliphatic heterocycles. The number of nitrogens with zero attached hydrogens (tertiary/aromatic N) is 6. The smallest absolute Gasteiger partial charge is 0.326 e. The Kier molecular flexibility index (Phi) is 5.95. The molecule has 1 saturated heterocycles. The zero-order valence-electron chi connectivity index (χ0n) is 19.6. The third-order valence-corrected chi connectivity index (χ3v) is 6.24. The van der Waals surface area contributed by atoms with Gasteiger partial charge in [-0.2, -0.15) is 19.6 Å². The van der Waals surface area contributed by atoms with Crippen LogP contribution < -0.4 is 21.8 Å². The summed E-state index contributed by atoms with van der Waals surface area (Å²) < 4.78 is 7.01. The van der Waals surface area contributed by atoms with E-state index < -0.39 is 5.69 Å². The molecule has 12 nitrogen and oxygen atoms in total. The van der Waals surface area contributed by atoms with E-state index in [1.807, 2.05) is 0 Å². The van der Waals surface area contributed by atoms with Crippen molar-refractivity contribution in [1.29, 1.82) is 0 Å². The van der Waals surface area contributed by atoms with Crippen LogP contribution in [0.5, 0.6) is 5.88 Å². The van der Waals surface area contributed by atoms with E-state index in [2.05, 4.69) is 59.5 Å². The van der Waals surface area contributed by atoms with E-state index in [9.17, 15) is 9.90 Å². The standard InChI is InChI=1S/C24H27N9O3/c34-21-19(28-24(35)30-21)11-17-13-26-33-20(17)29-22(31-23(33)27-18-5-6-18)25-12-15-1-3-16(4-2-15)14-32-7-9-36-10-8-32/h1-4,11,13,18,34H,5-10,12,14H2,(H,25,27,31)(H2,28,30,35). The minimum Gasteiger partial charge on any atom is -0.493 e. The molecule has 2 aliphatic rings. The first-order valence-electron chi connectivity index (χ1n) is 12.0. The average molecular weight is 490 g/mol. The third-order valence-electron chi connectivity index (χ3n) is 6.24. The monoisotopic (exact) mass is 489 g/mol. The highest BCUT2D eigenvalue weighted by Gasteiger charge is 2.21. The van der Waals surface area contributed by atoms with Crippen molar-refractivity contribution in [2.45, 2.75) is 32.0 Å². The number of nitrogens with one attached hydrogen (secondary N) is 3. The topological polar surface area (TPSA) is 149 Å². The van der Waals surface area contributed by atoms with E-state index in [-0.39, 0.29) is 17.6 Å². The summed E-state index contributed by atoms with van der Waals surface area (Å²) in [7, 11) is 0. The molecule has 1 aliphatic carbocycles. The van der Waals surface area contributed by atoms with Gasteiger partial charge in [0.25, 0.3) is 5.62 Å². The van der Waals surface area contributed by atoms with Crippen LogP contribution in [-0.4, -0.2) is 71.9 Å². The largest absolute Gasteiger partial charge is 0.493 e. The highest BCUT2D eigenvalue weighted by atomic mass is 16.5. The number of H-pyrrole nitrogens is 2. The van der Waals surface area contributed by atoms with Crippen molar-refractivity contribution in [1.82, 2.24) is 34.4 Å². The average Bonchev–Trinajstić information content (AvgIpc) is 3.52. The molecule has 186 valence electrons. The zero-order valence-corrected chi connectivity index (χ0v) is 19.6. The molecule has 36 heavy (non-hydrogen) atoms. The fraction of sp³-hybridized carbons (Fsp3) is 0.375. The molecule has 0 radical (unpaired) electrons. The lowest BCUT2D eigenvalue weighted by Crippen LogP contribution is -2.35. The summed E-state index contributed by atoms with van der Waals surface area (Å²) in [6.07, 6.45) is 5.28. The molecule has 12 heteroatoms. The predicted octanol–water partition coefficient (Wildman–Crippen LogP) is -0.0986. The van der Waals surface area contributed by atoms with E-state index in [1.54, 1.807) is 16.8 Å². The van der Waals surface area contributed by atoms with Gasteiger partial charge >= 0.3 is 5.69 Å². The third kappa shape index (κ3) is 4.99. The van der Waals surface area contributed by atoms with Crippen molar-refractivity contribution >= 4 is 17.7 Å². The number of aromatic amines is 2. The van der Waals surface area contributed by atoms with Crippen LogP contribution in [0.1, 0.15) is 29.7 Å². The van der Waals surface area contributed by atoms with Gasteiger partial charge in [-0.05, 0) is 30.0 Å². The Morgan fingerprint density at radius 2 is 1.92 bits per heavy atom. The lowest BCUT2D eigenvalue weighted by Gasteiger charge is -2.26. The maximum Gasteiger partial charge on any atom is 0.326 e. The van der Waals surface area contributed by atoms with Crippen LogP contribution in [-0.2, 0) is 17.8 Å². The van der Waals surface area contributed by atoms with Gasteiger partial charge in [0, 0.05) is 31.4 Å². The summed E-state index contributed by atoms with van der Waals surface area (Å²) in [6, 6.07) is 8.77. The molecule has 2 fully saturated rings. The number of imidazole rings is 1. The first-order chi connectivity index (χ1) is 17.6.